The van der Waals surface area contributed by atoms with E-state index in [0.717, 1.165) is 45.6 Å². The van der Waals surface area contributed by atoms with E-state index >= 15 is 0 Å². The van der Waals surface area contributed by atoms with Crippen LogP contribution in [0.2, 0.25) is 0 Å². The molecule has 2 N–H and O–H groups in total. The molecule has 0 atom stereocenters. The third-order valence-electron chi connectivity index (χ3n) is 3.93. The van der Waals surface area contributed by atoms with Gasteiger partial charge in [-0.05, 0) is 45.3 Å². The number of nitrogens with one attached hydrogen (secondary N) is 2. The number of hydrogen-bond acceptors (Lipinski definition) is 5. The third-order valence-corrected chi connectivity index (χ3v) is 3.93. The molecule has 1 aromatic rings. The van der Waals surface area contributed by atoms with Crippen LogP contribution >= 0.6 is 0 Å². The molecule has 0 saturated carbocycles. The molecule has 1 amide bonds. The Morgan fingerprint density at radius 3 is 2.76 bits per heavy atom. The monoisotopic (exact) mass is 291 g/mol. The molecule has 2 rings (SSSR count). The number of carbonyl (C=O) groups is 1. The van der Waals surface area contributed by atoms with Gasteiger partial charge >= 0.3 is 0 Å². The average Bonchev–Trinajstić information content (AvgIpc) is 2.53. The molecule has 0 aromatic carbocycles. The number of likely N-dealkylation sites (tertiary alicyclic amines) is 1. The predicted octanol–water partition coefficient (Wildman–Crippen LogP) is 1.37. The topological polar surface area (TPSA) is 70.2 Å². The third kappa shape index (κ3) is 4.67. The summed E-state index contributed by atoms with van der Waals surface area (Å²) < 4.78 is 0. The number of carbonyl (C=O) groups excluding carboxylic acids is 1. The van der Waals surface area contributed by atoms with Crippen molar-refractivity contribution in [3.63, 3.8) is 0 Å². The van der Waals surface area contributed by atoms with Crippen LogP contribution in [0.25, 0.3) is 0 Å². The zero-order valence-electron chi connectivity index (χ0n) is 12.9. The van der Waals surface area contributed by atoms with Crippen LogP contribution in [0, 0.1) is 5.92 Å². The van der Waals surface area contributed by atoms with Crippen LogP contribution in [0.3, 0.4) is 0 Å². The Morgan fingerprint density at radius 1 is 1.33 bits per heavy atom. The van der Waals surface area contributed by atoms with Crippen LogP contribution in [-0.4, -0.2) is 53.5 Å². The second-order valence-electron chi connectivity index (χ2n) is 5.41. The van der Waals surface area contributed by atoms with Gasteiger partial charge in [0.2, 0.25) is 0 Å². The maximum absolute atomic E-state index is 12.1. The highest BCUT2D eigenvalue weighted by Gasteiger charge is 2.19. The van der Waals surface area contributed by atoms with E-state index in [1.807, 2.05) is 6.92 Å². The summed E-state index contributed by atoms with van der Waals surface area (Å²) in [4.78, 5) is 22.9. The van der Waals surface area contributed by atoms with Crippen LogP contribution < -0.4 is 10.6 Å². The van der Waals surface area contributed by atoms with Crippen molar-refractivity contribution in [3.8, 4) is 0 Å². The Labute approximate surface area is 126 Å². The summed E-state index contributed by atoms with van der Waals surface area (Å²) in [6.45, 7) is 9.04. The summed E-state index contributed by atoms with van der Waals surface area (Å²) in [5.41, 5.74) is 0.374. The number of amides is 1. The maximum Gasteiger partial charge on any atom is 0.271 e. The number of nitrogens with zero attached hydrogens (tertiary/aromatic N) is 3. The Morgan fingerprint density at radius 2 is 2.10 bits per heavy atom. The molecule has 0 unspecified atom stereocenters. The fourth-order valence-electron chi connectivity index (χ4n) is 2.58. The van der Waals surface area contributed by atoms with Gasteiger partial charge < -0.3 is 15.5 Å². The van der Waals surface area contributed by atoms with E-state index in [2.05, 4.69) is 32.4 Å². The Kier molecular flexibility index (Phi) is 5.92. The van der Waals surface area contributed by atoms with Gasteiger partial charge in [0.05, 0.1) is 12.4 Å². The number of piperidine rings is 1. The lowest BCUT2D eigenvalue weighted by Gasteiger charge is -2.30. The minimum atomic E-state index is -0.139. The first-order valence-electron chi connectivity index (χ1n) is 7.79. The van der Waals surface area contributed by atoms with E-state index in [9.17, 15) is 4.79 Å². The van der Waals surface area contributed by atoms with Gasteiger partial charge in [-0.15, -0.1) is 0 Å². The Balaban J connectivity index is 1.80. The number of rotatable bonds is 6. The molecule has 6 heteroatoms. The summed E-state index contributed by atoms with van der Waals surface area (Å²) >= 11 is 0. The van der Waals surface area contributed by atoms with Crippen molar-refractivity contribution >= 4 is 11.7 Å². The highest BCUT2D eigenvalue weighted by Crippen LogP contribution is 2.16. The summed E-state index contributed by atoms with van der Waals surface area (Å²) in [6.07, 6.45) is 5.44. The molecule has 1 saturated heterocycles. The molecule has 0 spiro atoms. The lowest BCUT2D eigenvalue weighted by Crippen LogP contribution is -2.38. The zero-order chi connectivity index (χ0) is 15.1. The average molecular weight is 291 g/mol. The molecule has 2 heterocycles. The largest absolute Gasteiger partial charge is 0.369 e. The normalized spacial score (nSPS) is 16.7. The lowest BCUT2D eigenvalue weighted by atomic mass is 9.97. The summed E-state index contributed by atoms with van der Waals surface area (Å²) in [6, 6.07) is 0. The highest BCUT2D eigenvalue weighted by molar-refractivity contribution is 5.92. The fraction of sp³-hybridized carbons (Fsp3) is 0.667. The van der Waals surface area contributed by atoms with Crippen molar-refractivity contribution in [1.29, 1.82) is 0 Å². The van der Waals surface area contributed by atoms with Crippen molar-refractivity contribution in [2.45, 2.75) is 26.7 Å². The second-order valence-corrected chi connectivity index (χ2v) is 5.41. The van der Waals surface area contributed by atoms with Crippen LogP contribution in [0.15, 0.2) is 12.4 Å². The summed E-state index contributed by atoms with van der Waals surface area (Å²) in [5, 5.41) is 6.04. The highest BCUT2D eigenvalue weighted by atomic mass is 16.1. The first-order chi connectivity index (χ1) is 10.2. The van der Waals surface area contributed by atoms with E-state index in [1.165, 1.54) is 6.20 Å². The van der Waals surface area contributed by atoms with Gasteiger partial charge in [-0.1, -0.05) is 6.92 Å². The second kappa shape index (κ2) is 7.93. The van der Waals surface area contributed by atoms with Gasteiger partial charge in [-0.3, -0.25) is 9.78 Å². The van der Waals surface area contributed by atoms with Crippen molar-refractivity contribution in [1.82, 2.24) is 20.2 Å². The van der Waals surface area contributed by atoms with Gasteiger partial charge in [-0.25, -0.2) is 4.98 Å². The molecule has 1 aliphatic rings. The van der Waals surface area contributed by atoms with Crippen LogP contribution in [0.1, 0.15) is 37.2 Å². The van der Waals surface area contributed by atoms with Crippen molar-refractivity contribution in [3.05, 3.63) is 18.1 Å². The molecule has 1 aliphatic heterocycles. The van der Waals surface area contributed by atoms with Crippen molar-refractivity contribution in [2.75, 3.05) is 38.0 Å². The molecule has 21 heavy (non-hydrogen) atoms. The smallest absolute Gasteiger partial charge is 0.271 e. The lowest BCUT2D eigenvalue weighted by molar-refractivity contribution is 0.0931. The van der Waals surface area contributed by atoms with Crippen LogP contribution in [0.5, 0.6) is 0 Å². The standard InChI is InChI=1S/C15H25N5O/c1-3-17-14-11-16-10-13(19-14)15(21)18-9-12-5-7-20(4-2)8-6-12/h10-12H,3-9H2,1-2H3,(H,17,19)(H,18,21). The summed E-state index contributed by atoms with van der Waals surface area (Å²) in [7, 11) is 0. The minimum absolute atomic E-state index is 0.139. The van der Waals surface area contributed by atoms with E-state index in [4.69, 9.17) is 0 Å². The maximum atomic E-state index is 12.1. The first-order valence-corrected chi connectivity index (χ1v) is 7.79. The molecular formula is C15H25N5O. The first kappa shape index (κ1) is 15.7. The summed E-state index contributed by atoms with van der Waals surface area (Å²) in [5.74, 6) is 1.07. The van der Waals surface area contributed by atoms with Crippen LogP contribution in [0.4, 0.5) is 5.82 Å². The Bertz CT molecular complexity index is 457. The molecule has 1 aromatic heterocycles. The molecule has 0 radical (unpaired) electrons. The minimum Gasteiger partial charge on any atom is -0.369 e. The van der Waals surface area contributed by atoms with Crippen LogP contribution in [-0.2, 0) is 0 Å². The molecule has 0 aliphatic carbocycles. The van der Waals surface area contributed by atoms with Gasteiger partial charge in [0.25, 0.3) is 5.91 Å². The molecular weight excluding hydrogens is 266 g/mol. The number of aromatic nitrogens is 2. The van der Waals surface area contributed by atoms with Gasteiger partial charge in [-0.2, -0.15) is 0 Å². The predicted molar refractivity (Wildman–Crippen MR) is 83.4 cm³/mol. The van der Waals surface area contributed by atoms with Crippen molar-refractivity contribution in [2.24, 2.45) is 5.92 Å². The Hall–Kier alpha value is -1.69. The van der Waals surface area contributed by atoms with Gasteiger partial charge in [0.1, 0.15) is 11.5 Å². The SMILES string of the molecule is CCNc1cncc(C(=O)NCC2CCN(CC)CC2)n1. The molecule has 1 fully saturated rings. The van der Waals surface area contributed by atoms with E-state index in [1.54, 1.807) is 6.20 Å². The van der Waals surface area contributed by atoms with Crippen molar-refractivity contribution < 1.29 is 4.79 Å². The van der Waals surface area contributed by atoms with E-state index < -0.39 is 0 Å². The van der Waals surface area contributed by atoms with Gasteiger partial charge in [0, 0.05) is 13.1 Å². The zero-order valence-corrected chi connectivity index (χ0v) is 12.9. The number of anilines is 1. The van der Waals surface area contributed by atoms with E-state index in [-0.39, 0.29) is 5.91 Å². The molecule has 116 valence electrons. The van der Waals surface area contributed by atoms with E-state index in [0.29, 0.717) is 17.4 Å². The molecule has 6 nitrogen and oxygen atoms in total. The molecule has 0 bridgehead atoms. The number of hydrogen-bond donors (Lipinski definition) is 2. The fourth-order valence-corrected chi connectivity index (χ4v) is 2.58. The quantitative estimate of drug-likeness (QED) is 0.828. The van der Waals surface area contributed by atoms with Gasteiger partial charge in [0.15, 0.2) is 0 Å².